The first-order valence-electron chi connectivity index (χ1n) is 4.93. The van der Waals surface area contributed by atoms with Gasteiger partial charge in [-0.1, -0.05) is 29.3 Å². The molecular weight excluding hydrogens is 323 g/mol. The van der Waals surface area contributed by atoms with Gasteiger partial charge in [0.05, 0.1) is 21.9 Å². The van der Waals surface area contributed by atoms with E-state index < -0.39 is 0 Å². The molecule has 1 aromatic carbocycles. The second kappa shape index (κ2) is 5.71. The van der Waals surface area contributed by atoms with E-state index >= 15 is 0 Å². The third-order valence-electron chi connectivity index (χ3n) is 2.19. The number of hydrogen-bond acceptors (Lipinski definition) is 2. The maximum Gasteiger partial charge on any atom is 0.0595 e. The Morgan fingerprint density at radius 2 is 1.94 bits per heavy atom. The highest BCUT2D eigenvalue weighted by atomic mass is 79.9. The summed E-state index contributed by atoms with van der Waals surface area (Å²) in [5, 5.41) is 4.39. The number of hydrogen-bond donors (Lipinski definition) is 1. The van der Waals surface area contributed by atoms with E-state index in [2.05, 4.69) is 26.2 Å². The quantitative estimate of drug-likeness (QED) is 0.876. The van der Waals surface area contributed by atoms with Crippen molar-refractivity contribution in [1.82, 2.24) is 4.98 Å². The number of rotatable bonds is 3. The van der Waals surface area contributed by atoms with Crippen LogP contribution in [0.2, 0.25) is 10.0 Å². The first-order valence-corrected chi connectivity index (χ1v) is 6.48. The maximum atomic E-state index is 5.94. The molecule has 17 heavy (non-hydrogen) atoms. The monoisotopic (exact) mass is 330 g/mol. The molecule has 0 aliphatic rings. The van der Waals surface area contributed by atoms with Gasteiger partial charge in [-0.15, -0.1) is 0 Å². The smallest absolute Gasteiger partial charge is 0.0595 e. The summed E-state index contributed by atoms with van der Waals surface area (Å²) in [5.74, 6) is 0. The molecule has 0 spiro atoms. The Kier molecular flexibility index (Phi) is 4.26. The van der Waals surface area contributed by atoms with E-state index in [-0.39, 0.29) is 0 Å². The van der Waals surface area contributed by atoms with Gasteiger partial charge in [0.25, 0.3) is 0 Å². The molecule has 0 fully saturated rings. The summed E-state index contributed by atoms with van der Waals surface area (Å²) < 4.78 is 0.941. The number of nitrogens with one attached hydrogen (secondary N) is 1. The van der Waals surface area contributed by atoms with Crippen LogP contribution in [0.3, 0.4) is 0 Å². The van der Waals surface area contributed by atoms with Crippen LogP contribution in [0.25, 0.3) is 0 Å². The topological polar surface area (TPSA) is 24.9 Å². The molecule has 1 aromatic heterocycles. The fourth-order valence-corrected chi connectivity index (χ4v) is 2.05. The number of nitrogens with zero attached hydrogens (tertiary/aromatic N) is 1. The van der Waals surface area contributed by atoms with Gasteiger partial charge in [-0.25, -0.2) is 0 Å². The molecule has 2 nitrogen and oxygen atoms in total. The average Bonchev–Trinajstić information content (AvgIpc) is 2.31. The SMILES string of the molecule is Clc1ccc(CNc2cncc(Br)c2)cc1Cl. The fourth-order valence-electron chi connectivity index (χ4n) is 1.36. The highest BCUT2D eigenvalue weighted by Crippen LogP contribution is 2.23. The lowest BCUT2D eigenvalue weighted by Crippen LogP contribution is -1.99. The molecule has 2 rings (SSSR count). The number of aromatic nitrogens is 1. The Bertz CT molecular complexity index is 532. The molecule has 0 bridgehead atoms. The Labute approximate surface area is 118 Å². The predicted octanol–water partition coefficient (Wildman–Crippen LogP) is 4.76. The maximum absolute atomic E-state index is 5.94. The van der Waals surface area contributed by atoms with Crippen LogP contribution in [-0.4, -0.2) is 4.98 Å². The lowest BCUT2D eigenvalue weighted by atomic mass is 10.2. The van der Waals surface area contributed by atoms with Crippen molar-refractivity contribution in [2.45, 2.75) is 6.54 Å². The van der Waals surface area contributed by atoms with Crippen LogP contribution in [-0.2, 0) is 6.54 Å². The zero-order chi connectivity index (χ0) is 12.3. The van der Waals surface area contributed by atoms with Crippen molar-refractivity contribution in [2.75, 3.05) is 5.32 Å². The van der Waals surface area contributed by atoms with E-state index in [0.29, 0.717) is 16.6 Å². The van der Waals surface area contributed by atoms with Crippen molar-refractivity contribution in [2.24, 2.45) is 0 Å². The molecule has 0 unspecified atom stereocenters. The summed E-state index contributed by atoms with van der Waals surface area (Å²) in [4.78, 5) is 4.07. The highest BCUT2D eigenvalue weighted by molar-refractivity contribution is 9.10. The molecule has 0 saturated carbocycles. The molecule has 0 saturated heterocycles. The van der Waals surface area contributed by atoms with Crippen LogP contribution in [0, 0.1) is 0 Å². The molecule has 0 radical (unpaired) electrons. The second-order valence-electron chi connectivity index (χ2n) is 3.49. The number of benzene rings is 1. The first-order chi connectivity index (χ1) is 8.15. The van der Waals surface area contributed by atoms with Gasteiger partial charge in [0.1, 0.15) is 0 Å². The number of halogens is 3. The Hall–Kier alpha value is -0.770. The minimum Gasteiger partial charge on any atom is -0.380 e. The third kappa shape index (κ3) is 3.60. The highest BCUT2D eigenvalue weighted by Gasteiger charge is 2.00. The fraction of sp³-hybridized carbons (Fsp3) is 0.0833. The van der Waals surface area contributed by atoms with Crippen molar-refractivity contribution in [1.29, 1.82) is 0 Å². The molecule has 1 N–H and O–H groups in total. The summed E-state index contributed by atoms with van der Waals surface area (Å²) in [6.45, 7) is 0.676. The van der Waals surface area contributed by atoms with Crippen molar-refractivity contribution in [3.8, 4) is 0 Å². The molecular formula is C12H9BrCl2N2. The van der Waals surface area contributed by atoms with E-state index in [1.54, 1.807) is 18.5 Å². The number of pyridine rings is 1. The van der Waals surface area contributed by atoms with E-state index in [0.717, 1.165) is 15.7 Å². The van der Waals surface area contributed by atoms with E-state index in [4.69, 9.17) is 23.2 Å². The van der Waals surface area contributed by atoms with Crippen molar-refractivity contribution in [3.05, 3.63) is 56.7 Å². The molecule has 5 heteroatoms. The van der Waals surface area contributed by atoms with Crippen LogP contribution in [0.4, 0.5) is 5.69 Å². The molecule has 1 heterocycles. The van der Waals surface area contributed by atoms with Gasteiger partial charge < -0.3 is 5.32 Å². The van der Waals surface area contributed by atoms with E-state index in [9.17, 15) is 0 Å². The molecule has 0 amide bonds. The lowest BCUT2D eigenvalue weighted by molar-refractivity contribution is 1.13. The minimum atomic E-state index is 0.568. The van der Waals surface area contributed by atoms with Gasteiger partial charge in [-0.2, -0.15) is 0 Å². The Morgan fingerprint density at radius 3 is 2.65 bits per heavy atom. The van der Waals surface area contributed by atoms with Crippen LogP contribution in [0.5, 0.6) is 0 Å². The van der Waals surface area contributed by atoms with Gasteiger partial charge in [-0.05, 0) is 39.7 Å². The lowest BCUT2D eigenvalue weighted by Gasteiger charge is -2.07. The largest absolute Gasteiger partial charge is 0.380 e. The zero-order valence-corrected chi connectivity index (χ0v) is 11.9. The van der Waals surface area contributed by atoms with Gasteiger partial charge in [0.2, 0.25) is 0 Å². The van der Waals surface area contributed by atoms with Gasteiger partial charge >= 0.3 is 0 Å². The Morgan fingerprint density at radius 1 is 1.12 bits per heavy atom. The van der Waals surface area contributed by atoms with Crippen molar-refractivity contribution in [3.63, 3.8) is 0 Å². The third-order valence-corrected chi connectivity index (χ3v) is 3.36. The Balaban J connectivity index is 2.05. The molecule has 0 aliphatic carbocycles. The standard InChI is InChI=1S/C12H9BrCl2N2/c13-9-4-10(7-16-6-9)17-5-8-1-2-11(14)12(15)3-8/h1-4,6-7,17H,5H2. The summed E-state index contributed by atoms with van der Waals surface area (Å²) in [6, 6.07) is 7.54. The van der Waals surface area contributed by atoms with Crippen molar-refractivity contribution >= 4 is 44.8 Å². The number of anilines is 1. The minimum absolute atomic E-state index is 0.568. The van der Waals surface area contributed by atoms with Gasteiger partial charge in [0.15, 0.2) is 0 Å². The van der Waals surface area contributed by atoms with Crippen LogP contribution in [0.15, 0.2) is 41.1 Å². The van der Waals surface area contributed by atoms with Gasteiger partial charge in [-0.3, -0.25) is 4.98 Å². The molecule has 2 aromatic rings. The van der Waals surface area contributed by atoms with E-state index in [1.807, 2.05) is 18.2 Å². The van der Waals surface area contributed by atoms with E-state index in [1.165, 1.54) is 0 Å². The summed E-state index contributed by atoms with van der Waals surface area (Å²) in [6.07, 6.45) is 3.51. The summed E-state index contributed by atoms with van der Waals surface area (Å²) >= 11 is 15.2. The van der Waals surface area contributed by atoms with Gasteiger partial charge in [0, 0.05) is 17.2 Å². The summed E-state index contributed by atoms with van der Waals surface area (Å²) in [7, 11) is 0. The van der Waals surface area contributed by atoms with Crippen molar-refractivity contribution < 1.29 is 0 Å². The molecule has 0 aliphatic heterocycles. The predicted molar refractivity (Wildman–Crippen MR) is 75.7 cm³/mol. The van der Waals surface area contributed by atoms with Crippen LogP contribution >= 0.6 is 39.1 Å². The normalized spacial score (nSPS) is 10.3. The molecule has 0 atom stereocenters. The van der Waals surface area contributed by atoms with Crippen LogP contribution < -0.4 is 5.32 Å². The first kappa shape index (κ1) is 12.7. The summed E-state index contributed by atoms with van der Waals surface area (Å²) in [5.41, 5.74) is 2.02. The van der Waals surface area contributed by atoms with Crippen LogP contribution in [0.1, 0.15) is 5.56 Å². The second-order valence-corrected chi connectivity index (χ2v) is 5.22. The zero-order valence-electron chi connectivity index (χ0n) is 8.75. The average molecular weight is 332 g/mol. The molecule has 88 valence electrons.